The van der Waals surface area contributed by atoms with Gasteiger partial charge in [-0.3, -0.25) is 4.79 Å². The monoisotopic (exact) mass is 432 g/mol. The molecule has 0 saturated carbocycles. The van der Waals surface area contributed by atoms with Crippen molar-refractivity contribution in [2.24, 2.45) is 0 Å². The summed E-state index contributed by atoms with van der Waals surface area (Å²) in [4.78, 5) is 14.4. The Morgan fingerprint density at radius 2 is 1.96 bits per heavy atom. The van der Waals surface area contributed by atoms with Crippen LogP contribution in [0.4, 0.5) is 5.69 Å². The fourth-order valence-electron chi connectivity index (χ4n) is 3.45. The predicted octanol–water partition coefficient (Wildman–Crippen LogP) is 4.49. The Kier molecular flexibility index (Phi) is 4.48. The highest BCUT2D eigenvalue weighted by Gasteiger charge is 2.28. The van der Waals surface area contributed by atoms with E-state index in [0.29, 0.717) is 6.04 Å². The second-order valence-electron chi connectivity index (χ2n) is 6.60. The molecule has 2 aliphatic heterocycles. The van der Waals surface area contributed by atoms with Gasteiger partial charge in [0.25, 0.3) is 0 Å². The average molecular weight is 432 g/mol. The number of benzene rings is 2. The molecule has 3 nitrogen and oxygen atoms in total. The minimum absolute atomic E-state index is 0.0694. The van der Waals surface area contributed by atoms with Crippen LogP contribution < -0.4 is 5.32 Å². The molecule has 0 aliphatic carbocycles. The summed E-state index contributed by atoms with van der Waals surface area (Å²) in [5.74, 6) is 0.257. The number of hydrogen-bond acceptors (Lipinski definition) is 2. The van der Waals surface area contributed by atoms with Crippen molar-refractivity contribution in [2.75, 3.05) is 18.4 Å². The molecule has 0 spiro atoms. The molecule has 124 valence electrons. The molecular weight excluding hydrogens is 411 g/mol. The standard InChI is InChI=1S/C20H21IN2O/c21-19(20(24)23-11-4-12-23)16-8-10-18-15(13-16)7-9-17(22-18)14-5-2-1-3-6-14/h1-3,5-6,8,10,13,17,19,22H,4,7,9,11-12H2. The Hall–Kier alpha value is -1.56. The Labute approximate surface area is 156 Å². The molecule has 1 fully saturated rings. The van der Waals surface area contributed by atoms with Crippen molar-refractivity contribution in [1.82, 2.24) is 4.90 Å². The minimum Gasteiger partial charge on any atom is -0.378 e. The number of amides is 1. The first kappa shape index (κ1) is 15.9. The van der Waals surface area contributed by atoms with Gasteiger partial charge in [0.15, 0.2) is 0 Å². The van der Waals surface area contributed by atoms with Crippen LogP contribution in [0, 0.1) is 0 Å². The van der Waals surface area contributed by atoms with Crippen molar-refractivity contribution < 1.29 is 4.79 Å². The SMILES string of the molecule is O=C(C(I)c1ccc2c(c1)CCC(c1ccccc1)N2)N1CCC1. The molecule has 2 heterocycles. The first-order valence-corrected chi connectivity index (χ1v) is 9.84. The van der Waals surface area contributed by atoms with Crippen LogP contribution in [-0.4, -0.2) is 23.9 Å². The van der Waals surface area contributed by atoms with Crippen molar-refractivity contribution in [1.29, 1.82) is 0 Å². The average Bonchev–Trinajstić information content (AvgIpc) is 2.59. The van der Waals surface area contributed by atoms with Crippen LogP contribution >= 0.6 is 22.6 Å². The molecule has 2 aromatic rings. The second kappa shape index (κ2) is 6.75. The number of hydrogen-bond donors (Lipinski definition) is 1. The summed E-state index contributed by atoms with van der Waals surface area (Å²) < 4.78 is -0.0694. The minimum atomic E-state index is -0.0694. The third kappa shape index (κ3) is 3.04. The summed E-state index contributed by atoms with van der Waals surface area (Å²) in [5.41, 5.74) is 5.01. The van der Waals surface area contributed by atoms with Gasteiger partial charge in [0.1, 0.15) is 3.92 Å². The first-order valence-electron chi connectivity index (χ1n) is 8.59. The molecule has 0 bridgehead atoms. The van der Waals surface area contributed by atoms with E-state index < -0.39 is 0 Å². The van der Waals surface area contributed by atoms with E-state index in [4.69, 9.17) is 0 Å². The van der Waals surface area contributed by atoms with Gasteiger partial charge >= 0.3 is 0 Å². The molecule has 2 atom stereocenters. The molecule has 0 aromatic heterocycles. The number of carbonyl (C=O) groups is 1. The highest BCUT2D eigenvalue weighted by atomic mass is 127. The third-order valence-corrected chi connectivity index (χ3v) is 6.29. The van der Waals surface area contributed by atoms with E-state index in [1.807, 2.05) is 4.90 Å². The zero-order valence-corrected chi connectivity index (χ0v) is 15.7. The number of rotatable bonds is 3. The lowest BCUT2D eigenvalue weighted by Gasteiger charge is -2.33. The first-order chi connectivity index (χ1) is 11.7. The predicted molar refractivity (Wildman–Crippen MR) is 106 cm³/mol. The molecule has 2 unspecified atom stereocenters. The van der Waals surface area contributed by atoms with E-state index in [1.165, 1.54) is 16.8 Å². The Balaban J connectivity index is 1.51. The summed E-state index contributed by atoms with van der Waals surface area (Å²) in [7, 11) is 0. The summed E-state index contributed by atoms with van der Waals surface area (Å²) in [6.07, 6.45) is 3.29. The van der Waals surface area contributed by atoms with Crippen molar-refractivity contribution in [2.45, 2.75) is 29.2 Å². The lowest BCUT2D eigenvalue weighted by atomic mass is 9.92. The van der Waals surface area contributed by atoms with E-state index in [9.17, 15) is 4.79 Å². The van der Waals surface area contributed by atoms with Crippen LogP contribution in [0.15, 0.2) is 48.5 Å². The van der Waals surface area contributed by atoms with E-state index in [-0.39, 0.29) is 9.83 Å². The van der Waals surface area contributed by atoms with Gasteiger partial charge in [0, 0.05) is 18.8 Å². The zero-order valence-electron chi connectivity index (χ0n) is 13.5. The lowest BCUT2D eigenvalue weighted by molar-refractivity contribution is -0.133. The van der Waals surface area contributed by atoms with E-state index in [0.717, 1.165) is 37.9 Å². The van der Waals surface area contributed by atoms with E-state index in [2.05, 4.69) is 76.4 Å². The Morgan fingerprint density at radius 3 is 2.67 bits per heavy atom. The smallest absolute Gasteiger partial charge is 0.240 e. The molecule has 4 heteroatoms. The largest absolute Gasteiger partial charge is 0.378 e. The highest BCUT2D eigenvalue weighted by Crippen LogP contribution is 2.36. The number of likely N-dealkylation sites (tertiary alicyclic amines) is 1. The number of carbonyl (C=O) groups excluding carboxylic acids is 1. The van der Waals surface area contributed by atoms with Gasteiger partial charge in [-0.2, -0.15) is 0 Å². The normalized spacial score (nSPS) is 20.5. The van der Waals surface area contributed by atoms with Crippen molar-refractivity contribution in [3.63, 3.8) is 0 Å². The molecule has 24 heavy (non-hydrogen) atoms. The quantitative estimate of drug-likeness (QED) is 0.573. The fraction of sp³-hybridized carbons (Fsp3) is 0.350. The van der Waals surface area contributed by atoms with Gasteiger partial charge in [0.2, 0.25) is 5.91 Å². The Morgan fingerprint density at radius 1 is 1.17 bits per heavy atom. The number of aryl methyl sites for hydroxylation is 1. The van der Waals surface area contributed by atoms with Crippen molar-refractivity contribution >= 4 is 34.2 Å². The maximum atomic E-state index is 12.4. The van der Waals surface area contributed by atoms with Gasteiger partial charge in [-0.15, -0.1) is 0 Å². The van der Waals surface area contributed by atoms with Gasteiger partial charge in [-0.25, -0.2) is 0 Å². The molecule has 0 radical (unpaired) electrons. The van der Waals surface area contributed by atoms with Gasteiger partial charge in [-0.05, 0) is 42.0 Å². The van der Waals surface area contributed by atoms with Crippen LogP contribution in [0.2, 0.25) is 0 Å². The topological polar surface area (TPSA) is 32.3 Å². The highest BCUT2D eigenvalue weighted by molar-refractivity contribution is 14.1. The van der Waals surface area contributed by atoms with Crippen molar-refractivity contribution in [3.05, 3.63) is 65.2 Å². The number of halogens is 1. The molecule has 2 aromatic carbocycles. The number of anilines is 1. The van der Waals surface area contributed by atoms with Crippen LogP contribution in [0.1, 0.15) is 39.5 Å². The van der Waals surface area contributed by atoms with Crippen LogP contribution in [0.3, 0.4) is 0 Å². The molecule has 2 aliphatic rings. The summed E-state index contributed by atoms with van der Waals surface area (Å²) >= 11 is 2.28. The number of nitrogens with zero attached hydrogens (tertiary/aromatic N) is 1. The fourth-order valence-corrected chi connectivity index (χ4v) is 4.23. The number of alkyl halides is 1. The van der Waals surface area contributed by atoms with Gasteiger partial charge < -0.3 is 10.2 Å². The van der Waals surface area contributed by atoms with Crippen molar-refractivity contribution in [3.8, 4) is 0 Å². The number of fused-ring (bicyclic) bond motifs is 1. The Bertz CT molecular complexity index is 743. The summed E-state index contributed by atoms with van der Waals surface area (Å²) in [6, 6.07) is 17.5. The maximum Gasteiger partial charge on any atom is 0.240 e. The summed E-state index contributed by atoms with van der Waals surface area (Å²) in [6.45, 7) is 1.84. The van der Waals surface area contributed by atoms with E-state index in [1.54, 1.807) is 0 Å². The third-order valence-electron chi connectivity index (χ3n) is 5.04. The second-order valence-corrected chi connectivity index (χ2v) is 7.85. The van der Waals surface area contributed by atoms with Gasteiger partial charge in [-0.1, -0.05) is 65.1 Å². The molecule has 1 N–H and O–H groups in total. The zero-order chi connectivity index (χ0) is 16.5. The molecule has 4 rings (SSSR count). The molecule has 1 amide bonds. The van der Waals surface area contributed by atoms with Gasteiger partial charge in [0.05, 0.1) is 6.04 Å². The van der Waals surface area contributed by atoms with Crippen LogP contribution in [0.5, 0.6) is 0 Å². The summed E-state index contributed by atoms with van der Waals surface area (Å²) in [5, 5.41) is 3.66. The molecule has 1 saturated heterocycles. The van der Waals surface area contributed by atoms with Crippen LogP contribution in [-0.2, 0) is 11.2 Å². The van der Waals surface area contributed by atoms with Crippen LogP contribution in [0.25, 0.3) is 0 Å². The number of nitrogens with one attached hydrogen (secondary N) is 1. The molecular formula is C20H21IN2O. The van der Waals surface area contributed by atoms with E-state index >= 15 is 0 Å². The lowest BCUT2D eigenvalue weighted by Crippen LogP contribution is -2.43. The maximum absolute atomic E-state index is 12.4.